The standard InChI is InChI=1S/C19H20BrNO3/c1-23-16-9-7-14(8-10-16)18-6-3-11-21(18)19(22)13-24-17-5-2-4-15(20)12-17/h2,4-5,7-10,12,18H,3,6,11,13H2,1H3. The van der Waals surface area contributed by atoms with E-state index in [2.05, 4.69) is 15.9 Å². The number of likely N-dealkylation sites (tertiary alicyclic amines) is 1. The lowest BCUT2D eigenvalue weighted by Gasteiger charge is -2.25. The zero-order valence-corrected chi connectivity index (χ0v) is 15.2. The molecule has 4 nitrogen and oxygen atoms in total. The van der Waals surface area contributed by atoms with Crippen molar-refractivity contribution >= 4 is 21.8 Å². The Balaban J connectivity index is 1.64. The van der Waals surface area contributed by atoms with Gasteiger partial charge in [0.2, 0.25) is 0 Å². The van der Waals surface area contributed by atoms with Gasteiger partial charge in [-0.15, -0.1) is 0 Å². The van der Waals surface area contributed by atoms with Crippen molar-refractivity contribution in [3.05, 3.63) is 58.6 Å². The van der Waals surface area contributed by atoms with E-state index in [0.717, 1.165) is 35.2 Å². The third-order valence-electron chi connectivity index (χ3n) is 4.23. The summed E-state index contributed by atoms with van der Waals surface area (Å²) >= 11 is 3.40. The van der Waals surface area contributed by atoms with E-state index < -0.39 is 0 Å². The molecule has 0 N–H and O–H groups in total. The van der Waals surface area contributed by atoms with Crippen LogP contribution in [0.1, 0.15) is 24.4 Å². The zero-order valence-electron chi connectivity index (χ0n) is 13.6. The summed E-state index contributed by atoms with van der Waals surface area (Å²) in [5, 5.41) is 0. The highest BCUT2D eigenvalue weighted by Gasteiger charge is 2.30. The molecule has 1 aliphatic heterocycles. The van der Waals surface area contributed by atoms with Crippen LogP contribution < -0.4 is 9.47 Å². The molecule has 5 heteroatoms. The number of nitrogens with zero attached hydrogens (tertiary/aromatic N) is 1. The van der Waals surface area contributed by atoms with Crippen LogP contribution in [0.25, 0.3) is 0 Å². The van der Waals surface area contributed by atoms with Gasteiger partial charge < -0.3 is 14.4 Å². The van der Waals surface area contributed by atoms with E-state index in [-0.39, 0.29) is 18.6 Å². The van der Waals surface area contributed by atoms with Crippen molar-refractivity contribution in [1.82, 2.24) is 4.90 Å². The number of amides is 1. The fourth-order valence-corrected chi connectivity index (χ4v) is 3.40. The average molecular weight is 390 g/mol. The van der Waals surface area contributed by atoms with Gasteiger partial charge in [0.05, 0.1) is 13.2 Å². The topological polar surface area (TPSA) is 38.8 Å². The van der Waals surface area contributed by atoms with Gasteiger partial charge in [-0.05, 0) is 48.7 Å². The summed E-state index contributed by atoms with van der Waals surface area (Å²) in [7, 11) is 1.65. The van der Waals surface area contributed by atoms with E-state index >= 15 is 0 Å². The Morgan fingerprint density at radius 3 is 2.71 bits per heavy atom. The highest BCUT2D eigenvalue weighted by atomic mass is 79.9. The number of halogens is 1. The summed E-state index contributed by atoms with van der Waals surface area (Å²) in [5.41, 5.74) is 1.14. The van der Waals surface area contributed by atoms with Crippen LogP contribution in [0.3, 0.4) is 0 Å². The van der Waals surface area contributed by atoms with Gasteiger partial charge in [0.25, 0.3) is 5.91 Å². The first kappa shape index (κ1) is 16.8. The monoisotopic (exact) mass is 389 g/mol. The van der Waals surface area contributed by atoms with Gasteiger partial charge in [0, 0.05) is 11.0 Å². The van der Waals surface area contributed by atoms with Crippen LogP contribution in [-0.4, -0.2) is 31.1 Å². The Morgan fingerprint density at radius 2 is 2.00 bits per heavy atom. The summed E-state index contributed by atoms with van der Waals surface area (Å²) in [6.45, 7) is 0.834. The normalized spacial score (nSPS) is 16.9. The molecule has 0 aliphatic carbocycles. The molecule has 1 saturated heterocycles. The molecule has 1 unspecified atom stereocenters. The van der Waals surface area contributed by atoms with Gasteiger partial charge in [0.1, 0.15) is 11.5 Å². The second-order valence-electron chi connectivity index (χ2n) is 5.76. The lowest BCUT2D eigenvalue weighted by Crippen LogP contribution is -2.34. The second-order valence-corrected chi connectivity index (χ2v) is 6.68. The van der Waals surface area contributed by atoms with Crippen molar-refractivity contribution in [3.8, 4) is 11.5 Å². The van der Waals surface area contributed by atoms with Crippen molar-refractivity contribution < 1.29 is 14.3 Å². The highest BCUT2D eigenvalue weighted by Crippen LogP contribution is 2.32. The SMILES string of the molecule is COc1ccc(C2CCCN2C(=O)COc2cccc(Br)c2)cc1. The second kappa shape index (κ2) is 7.71. The number of benzene rings is 2. The summed E-state index contributed by atoms with van der Waals surface area (Å²) in [6.07, 6.45) is 1.99. The molecule has 3 rings (SSSR count). The average Bonchev–Trinajstić information content (AvgIpc) is 3.09. The van der Waals surface area contributed by atoms with Crippen molar-refractivity contribution in [3.63, 3.8) is 0 Å². The van der Waals surface area contributed by atoms with Gasteiger partial charge in [-0.25, -0.2) is 0 Å². The minimum atomic E-state index is 0.0216. The third-order valence-corrected chi connectivity index (χ3v) is 4.73. The van der Waals surface area contributed by atoms with Crippen LogP contribution in [0.2, 0.25) is 0 Å². The zero-order chi connectivity index (χ0) is 16.9. The fourth-order valence-electron chi connectivity index (χ4n) is 3.02. The number of rotatable bonds is 5. The van der Waals surface area contributed by atoms with E-state index in [1.807, 2.05) is 53.4 Å². The first-order valence-corrected chi connectivity index (χ1v) is 8.78. The van der Waals surface area contributed by atoms with Crippen molar-refractivity contribution in [2.45, 2.75) is 18.9 Å². The van der Waals surface area contributed by atoms with E-state index in [4.69, 9.17) is 9.47 Å². The summed E-state index contributed by atoms with van der Waals surface area (Å²) in [6, 6.07) is 15.6. The minimum absolute atomic E-state index is 0.0216. The van der Waals surface area contributed by atoms with Crippen LogP contribution in [0.4, 0.5) is 0 Å². The molecule has 1 fully saturated rings. The molecule has 0 aromatic heterocycles. The number of ether oxygens (including phenoxy) is 2. The molecule has 0 spiro atoms. The Kier molecular flexibility index (Phi) is 5.41. The van der Waals surface area contributed by atoms with Crippen molar-refractivity contribution in [2.75, 3.05) is 20.3 Å². The predicted molar refractivity (Wildman–Crippen MR) is 96.3 cm³/mol. The summed E-state index contributed by atoms with van der Waals surface area (Å²) in [4.78, 5) is 14.5. The first-order valence-electron chi connectivity index (χ1n) is 7.99. The van der Waals surface area contributed by atoms with Crippen LogP contribution in [-0.2, 0) is 4.79 Å². The molecule has 2 aromatic carbocycles. The maximum Gasteiger partial charge on any atom is 0.261 e. The Morgan fingerprint density at radius 1 is 1.21 bits per heavy atom. The van der Waals surface area contributed by atoms with Crippen LogP contribution in [0.5, 0.6) is 11.5 Å². The summed E-state index contributed by atoms with van der Waals surface area (Å²) in [5.74, 6) is 1.54. The largest absolute Gasteiger partial charge is 0.497 e. The maximum atomic E-state index is 12.6. The van der Waals surface area contributed by atoms with Gasteiger partial charge in [-0.1, -0.05) is 34.1 Å². The molecule has 0 saturated carbocycles. The number of carbonyl (C=O) groups excluding carboxylic acids is 1. The molecular formula is C19H20BrNO3. The number of carbonyl (C=O) groups is 1. The maximum absolute atomic E-state index is 12.6. The van der Waals surface area contributed by atoms with E-state index in [1.165, 1.54) is 0 Å². The number of methoxy groups -OCH3 is 1. The van der Waals surface area contributed by atoms with Crippen LogP contribution in [0, 0.1) is 0 Å². The van der Waals surface area contributed by atoms with Gasteiger partial charge in [-0.2, -0.15) is 0 Å². The molecule has 1 aliphatic rings. The van der Waals surface area contributed by atoms with Crippen molar-refractivity contribution in [2.24, 2.45) is 0 Å². The van der Waals surface area contributed by atoms with Crippen LogP contribution >= 0.6 is 15.9 Å². The highest BCUT2D eigenvalue weighted by molar-refractivity contribution is 9.10. The van der Waals surface area contributed by atoms with E-state index in [1.54, 1.807) is 7.11 Å². The third kappa shape index (κ3) is 3.90. The Bertz CT molecular complexity index is 702. The molecule has 1 atom stereocenters. The molecule has 0 radical (unpaired) electrons. The van der Waals surface area contributed by atoms with Gasteiger partial charge >= 0.3 is 0 Å². The lowest BCUT2D eigenvalue weighted by molar-refractivity contribution is -0.134. The first-order chi connectivity index (χ1) is 11.7. The minimum Gasteiger partial charge on any atom is -0.497 e. The Hall–Kier alpha value is -2.01. The molecule has 1 heterocycles. The van der Waals surface area contributed by atoms with Gasteiger partial charge in [0.15, 0.2) is 6.61 Å². The number of hydrogen-bond acceptors (Lipinski definition) is 3. The fraction of sp³-hybridized carbons (Fsp3) is 0.316. The molecular weight excluding hydrogens is 370 g/mol. The summed E-state index contributed by atoms with van der Waals surface area (Å²) < 4.78 is 11.8. The number of hydrogen-bond donors (Lipinski definition) is 0. The van der Waals surface area contributed by atoms with E-state index in [0.29, 0.717) is 5.75 Å². The molecule has 0 bridgehead atoms. The molecule has 1 amide bonds. The molecule has 2 aromatic rings. The Labute approximate surface area is 150 Å². The quantitative estimate of drug-likeness (QED) is 0.768. The molecule has 126 valence electrons. The molecule has 24 heavy (non-hydrogen) atoms. The van der Waals surface area contributed by atoms with Gasteiger partial charge in [-0.3, -0.25) is 4.79 Å². The predicted octanol–water partition coefficient (Wildman–Crippen LogP) is 4.20. The lowest BCUT2D eigenvalue weighted by atomic mass is 10.0. The van der Waals surface area contributed by atoms with Crippen LogP contribution in [0.15, 0.2) is 53.0 Å². The van der Waals surface area contributed by atoms with Crippen molar-refractivity contribution in [1.29, 1.82) is 0 Å². The van der Waals surface area contributed by atoms with E-state index in [9.17, 15) is 4.79 Å². The smallest absolute Gasteiger partial charge is 0.261 e.